The summed E-state index contributed by atoms with van der Waals surface area (Å²) < 4.78 is 15.8. The first-order valence-corrected chi connectivity index (χ1v) is 5.18. The minimum Gasteiger partial charge on any atom is -0.368 e. The quantitative estimate of drug-likeness (QED) is 0.793. The van der Waals surface area contributed by atoms with E-state index in [0.717, 1.165) is 4.47 Å². The highest BCUT2D eigenvalue weighted by atomic mass is 79.9. The van der Waals surface area contributed by atoms with Crippen molar-refractivity contribution in [1.82, 2.24) is 14.8 Å². The van der Waals surface area contributed by atoms with Crippen molar-refractivity contribution >= 4 is 34.1 Å². The average Bonchev–Trinajstić information content (AvgIpc) is 2.51. The molecule has 7 heteroatoms. The standard InChI is InChI=1S/C8H6BrFN4S/c9-4-1-2-5(10)6(3-4)14-7(11)12-13-8(14)15/h1-3H,(H2,11,12)(H,13,15). The number of rotatable bonds is 1. The molecule has 2 aromatic rings. The number of nitrogens with one attached hydrogen (secondary N) is 1. The number of anilines is 1. The maximum absolute atomic E-state index is 13.5. The number of aromatic nitrogens is 3. The summed E-state index contributed by atoms with van der Waals surface area (Å²) in [7, 11) is 0. The monoisotopic (exact) mass is 288 g/mol. The minimum atomic E-state index is -0.414. The normalized spacial score (nSPS) is 10.5. The highest BCUT2D eigenvalue weighted by Gasteiger charge is 2.10. The van der Waals surface area contributed by atoms with Gasteiger partial charge in [0.1, 0.15) is 5.82 Å². The maximum Gasteiger partial charge on any atom is 0.225 e. The van der Waals surface area contributed by atoms with Crippen LogP contribution in [0.25, 0.3) is 5.69 Å². The predicted molar refractivity (Wildman–Crippen MR) is 60.8 cm³/mol. The van der Waals surface area contributed by atoms with E-state index in [-0.39, 0.29) is 16.4 Å². The van der Waals surface area contributed by atoms with E-state index in [1.807, 2.05) is 0 Å². The molecular formula is C8H6BrFN4S. The van der Waals surface area contributed by atoms with Crippen LogP contribution in [-0.2, 0) is 0 Å². The maximum atomic E-state index is 13.5. The van der Waals surface area contributed by atoms with Gasteiger partial charge in [0.05, 0.1) is 5.69 Å². The zero-order chi connectivity index (χ0) is 11.0. The Balaban J connectivity index is 2.74. The summed E-state index contributed by atoms with van der Waals surface area (Å²) in [5.41, 5.74) is 5.83. The van der Waals surface area contributed by atoms with Gasteiger partial charge in [0.2, 0.25) is 10.7 Å². The number of halogens is 2. The second kappa shape index (κ2) is 3.74. The number of H-pyrrole nitrogens is 1. The van der Waals surface area contributed by atoms with E-state index in [1.165, 1.54) is 10.6 Å². The van der Waals surface area contributed by atoms with Crippen molar-refractivity contribution < 1.29 is 4.39 Å². The Morgan fingerprint density at radius 2 is 2.27 bits per heavy atom. The molecule has 0 saturated carbocycles. The van der Waals surface area contributed by atoms with E-state index in [9.17, 15) is 4.39 Å². The van der Waals surface area contributed by atoms with Crippen molar-refractivity contribution in [2.75, 3.05) is 5.73 Å². The predicted octanol–water partition coefficient (Wildman–Crippen LogP) is 2.41. The van der Waals surface area contributed by atoms with Crippen molar-refractivity contribution in [3.63, 3.8) is 0 Å². The molecule has 0 aliphatic carbocycles. The van der Waals surface area contributed by atoms with Crippen molar-refractivity contribution in [1.29, 1.82) is 0 Å². The van der Waals surface area contributed by atoms with Crippen molar-refractivity contribution in [2.45, 2.75) is 0 Å². The van der Waals surface area contributed by atoms with Gasteiger partial charge in [-0.3, -0.25) is 4.57 Å². The van der Waals surface area contributed by atoms with E-state index in [0.29, 0.717) is 0 Å². The number of benzene rings is 1. The molecule has 0 saturated heterocycles. The van der Waals surface area contributed by atoms with Crippen LogP contribution in [0.3, 0.4) is 0 Å². The zero-order valence-electron chi connectivity index (χ0n) is 7.37. The molecule has 0 aliphatic heterocycles. The van der Waals surface area contributed by atoms with Gasteiger partial charge in [-0.1, -0.05) is 15.9 Å². The SMILES string of the molecule is Nc1n[nH]c(=S)n1-c1cc(Br)ccc1F. The fourth-order valence-electron chi connectivity index (χ4n) is 1.20. The average molecular weight is 289 g/mol. The molecule has 3 N–H and O–H groups in total. The Morgan fingerprint density at radius 1 is 1.53 bits per heavy atom. The van der Waals surface area contributed by atoms with Gasteiger partial charge in [0, 0.05) is 4.47 Å². The van der Waals surface area contributed by atoms with Gasteiger partial charge in [0.25, 0.3) is 0 Å². The molecule has 0 aliphatic rings. The first-order valence-electron chi connectivity index (χ1n) is 3.98. The van der Waals surface area contributed by atoms with E-state index in [1.54, 1.807) is 12.1 Å². The number of aromatic amines is 1. The van der Waals surface area contributed by atoms with Crippen LogP contribution in [0.2, 0.25) is 0 Å². The lowest BCUT2D eigenvalue weighted by Gasteiger charge is -2.05. The molecule has 0 unspecified atom stereocenters. The summed E-state index contributed by atoms with van der Waals surface area (Å²) in [4.78, 5) is 0. The fourth-order valence-corrected chi connectivity index (χ4v) is 1.79. The summed E-state index contributed by atoms with van der Waals surface area (Å²) in [5.74, 6) is -0.292. The van der Waals surface area contributed by atoms with Crippen LogP contribution in [0.5, 0.6) is 0 Å². The third-order valence-corrected chi connectivity index (χ3v) is 2.61. The van der Waals surface area contributed by atoms with Crippen LogP contribution in [0.4, 0.5) is 10.3 Å². The molecular weight excluding hydrogens is 283 g/mol. The fraction of sp³-hybridized carbons (Fsp3) is 0. The summed E-state index contributed by atoms with van der Waals surface area (Å²) in [6.45, 7) is 0. The van der Waals surface area contributed by atoms with Crippen molar-refractivity contribution in [3.05, 3.63) is 33.3 Å². The van der Waals surface area contributed by atoms with Crippen molar-refractivity contribution in [2.24, 2.45) is 0 Å². The molecule has 0 bridgehead atoms. The first-order chi connectivity index (χ1) is 7.09. The topological polar surface area (TPSA) is 59.6 Å². The molecule has 0 amide bonds. The third-order valence-electron chi connectivity index (χ3n) is 1.85. The lowest BCUT2D eigenvalue weighted by Crippen LogP contribution is -2.03. The molecule has 0 spiro atoms. The molecule has 0 fully saturated rings. The smallest absolute Gasteiger partial charge is 0.225 e. The van der Waals surface area contributed by atoms with Gasteiger partial charge in [-0.05, 0) is 30.4 Å². The van der Waals surface area contributed by atoms with Gasteiger partial charge in [0.15, 0.2) is 0 Å². The molecule has 0 atom stereocenters. The van der Waals surface area contributed by atoms with Gasteiger partial charge in [-0.15, -0.1) is 5.10 Å². The first kappa shape index (κ1) is 10.3. The highest BCUT2D eigenvalue weighted by molar-refractivity contribution is 9.10. The van der Waals surface area contributed by atoms with Crippen LogP contribution in [0, 0.1) is 10.6 Å². The summed E-state index contributed by atoms with van der Waals surface area (Å²) in [6, 6.07) is 4.50. The molecule has 1 aromatic carbocycles. The minimum absolute atomic E-state index is 0.122. The van der Waals surface area contributed by atoms with Gasteiger partial charge in [-0.2, -0.15) is 0 Å². The molecule has 78 valence electrons. The van der Waals surface area contributed by atoms with Crippen molar-refractivity contribution in [3.8, 4) is 5.69 Å². The van der Waals surface area contributed by atoms with E-state index >= 15 is 0 Å². The lowest BCUT2D eigenvalue weighted by atomic mass is 10.3. The van der Waals surface area contributed by atoms with E-state index < -0.39 is 5.82 Å². The number of hydrogen-bond donors (Lipinski definition) is 2. The lowest BCUT2D eigenvalue weighted by molar-refractivity contribution is 0.617. The molecule has 4 nitrogen and oxygen atoms in total. The summed E-state index contributed by atoms with van der Waals surface area (Å²) >= 11 is 8.19. The van der Waals surface area contributed by atoms with Crippen LogP contribution < -0.4 is 5.73 Å². The Morgan fingerprint density at radius 3 is 2.87 bits per heavy atom. The Labute approximate surface area is 98.0 Å². The number of nitrogen functional groups attached to an aromatic ring is 1. The molecule has 0 radical (unpaired) electrons. The number of hydrogen-bond acceptors (Lipinski definition) is 3. The molecule has 15 heavy (non-hydrogen) atoms. The van der Waals surface area contributed by atoms with E-state index in [2.05, 4.69) is 26.1 Å². The van der Waals surface area contributed by atoms with Gasteiger partial charge < -0.3 is 5.73 Å². The molecule has 1 aromatic heterocycles. The summed E-state index contributed by atoms with van der Waals surface area (Å²) in [6.07, 6.45) is 0. The largest absolute Gasteiger partial charge is 0.368 e. The zero-order valence-corrected chi connectivity index (χ0v) is 9.77. The molecule has 2 rings (SSSR count). The van der Waals surface area contributed by atoms with Crippen LogP contribution in [0.15, 0.2) is 22.7 Å². The summed E-state index contributed by atoms with van der Waals surface area (Å²) in [5, 5.41) is 6.20. The van der Waals surface area contributed by atoms with E-state index in [4.69, 9.17) is 18.0 Å². The second-order valence-electron chi connectivity index (χ2n) is 2.82. The molecule has 1 heterocycles. The highest BCUT2D eigenvalue weighted by Crippen LogP contribution is 2.21. The van der Waals surface area contributed by atoms with Gasteiger partial charge in [-0.25, -0.2) is 9.49 Å². The Kier molecular flexibility index (Phi) is 2.57. The Bertz CT molecular complexity index is 562. The number of nitrogens with zero attached hydrogens (tertiary/aromatic N) is 2. The third kappa shape index (κ3) is 1.80. The van der Waals surface area contributed by atoms with Crippen LogP contribution in [-0.4, -0.2) is 14.8 Å². The van der Waals surface area contributed by atoms with Crippen LogP contribution in [0.1, 0.15) is 0 Å². The van der Waals surface area contributed by atoms with Crippen LogP contribution >= 0.6 is 28.1 Å². The Hall–Kier alpha value is -1.21. The number of nitrogens with two attached hydrogens (primary N) is 1. The van der Waals surface area contributed by atoms with Gasteiger partial charge >= 0.3 is 0 Å². The second-order valence-corrected chi connectivity index (χ2v) is 4.12.